The van der Waals surface area contributed by atoms with Gasteiger partial charge in [-0.25, -0.2) is 0 Å². The molecule has 14 heavy (non-hydrogen) atoms. The van der Waals surface area contributed by atoms with E-state index in [9.17, 15) is 0 Å². The molecule has 0 radical (unpaired) electrons. The molecule has 0 spiro atoms. The zero-order valence-corrected chi connectivity index (χ0v) is 9.16. The van der Waals surface area contributed by atoms with Crippen LogP contribution in [0.5, 0.6) is 5.75 Å². The van der Waals surface area contributed by atoms with Crippen LogP contribution in [0.1, 0.15) is 38.7 Å². The molecule has 1 N–H and O–H groups in total. The van der Waals surface area contributed by atoms with Gasteiger partial charge in [-0.05, 0) is 36.5 Å². The Kier molecular flexibility index (Phi) is 4.51. The van der Waals surface area contributed by atoms with Crippen molar-refractivity contribution < 1.29 is 5.11 Å². The van der Waals surface area contributed by atoms with Crippen LogP contribution in [0.4, 0.5) is 0 Å². The predicted molar refractivity (Wildman–Crippen MR) is 60.5 cm³/mol. The Morgan fingerprint density at radius 1 is 1.21 bits per heavy atom. The van der Waals surface area contributed by atoms with E-state index in [1.807, 2.05) is 12.1 Å². The highest BCUT2D eigenvalue weighted by Gasteiger charge is 1.99. The minimum absolute atomic E-state index is 0.357. The molecule has 1 heteroatoms. The summed E-state index contributed by atoms with van der Waals surface area (Å²) in [7, 11) is 0. The molecule has 1 atom stereocenters. The van der Waals surface area contributed by atoms with Gasteiger partial charge in [0.2, 0.25) is 0 Å². The first-order valence-corrected chi connectivity index (χ1v) is 5.50. The lowest BCUT2D eigenvalue weighted by molar-refractivity contribution is 0.474. The maximum atomic E-state index is 9.11. The maximum absolute atomic E-state index is 9.11. The number of rotatable bonds is 5. The van der Waals surface area contributed by atoms with Crippen molar-refractivity contribution in [2.45, 2.75) is 39.5 Å². The van der Waals surface area contributed by atoms with E-state index in [-0.39, 0.29) is 0 Å². The molecule has 0 fully saturated rings. The predicted octanol–water partition coefficient (Wildman–Crippen LogP) is 3.76. The van der Waals surface area contributed by atoms with Crippen LogP contribution in [0.3, 0.4) is 0 Å². The number of phenols is 1. The molecular formula is C13H20O. The number of aryl methyl sites for hydroxylation is 1. The summed E-state index contributed by atoms with van der Waals surface area (Å²) in [4.78, 5) is 0. The summed E-state index contributed by atoms with van der Waals surface area (Å²) in [6, 6.07) is 7.54. The summed E-state index contributed by atoms with van der Waals surface area (Å²) < 4.78 is 0. The Balaban J connectivity index is 2.28. The van der Waals surface area contributed by atoms with Crippen molar-refractivity contribution in [1.82, 2.24) is 0 Å². The van der Waals surface area contributed by atoms with Gasteiger partial charge in [-0.15, -0.1) is 0 Å². The quantitative estimate of drug-likeness (QED) is 0.753. The Morgan fingerprint density at radius 2 is 1.86 bits per heavy atom. The lowest BCUT2D eigenvalue weighted by atomic mass is 9.99. The minimum atomic E-state index is 0.357. The standard InChI is InChI=1S/C13H20O/c1-3-11(2)5-4-6-12-7-9-13(14)10-8-12/h7-11,14H,3-6H2,1-2H3. The van der Waals surface area contributed by atoms with Gasteiger partial charge in [-0.1, -0.05) is 38.8 Å². The molecule has 1 rings (SSSR count). The second kappa shape index (κ2) is 5.69. The van der Waals surface area contributed by atoms with Crippen LogP contribution in [-0.4, -0.2) is 5.11 Å². The first-order chi connectivity index (χ1) is 6.72. The lowest BCUT2D eigenvalue weighted by Gasteiger charge is -2.07. The fourth-order valence-corrected chi connectivity index (χ4v) is 1.52. The monoisotopic (exact) mass is 192 g/mol. The summed E-state index contributed by atoms with van der Waals surface area (Å²) >= 11 is 0. The fraction of sp³-hybridized carbons (Fsp3) is 0.538. The lowest BCUT2D eigenvalue weighted by Crippen LogP contribution is -1.93. The van der Waals surface area contributed by atoms with E-state index >= 15 is 0 Å². The van der Waals surface area contributed by atoms with Crippen LogP contribution in [-0.2, 0) is 6.42 Å². The zero-order chi connectivity index (χ0) is 10.4. The normalized spacial score (nSPS) is 12.7. The topological polar surface area (TPSA) is 20.2 Å². The maximum Gasteiger partial charge on any atom is 0.115 e. The highest BCUT2D eigenvalue weighted by atomic mass is 16.3. The minimum Gasteiger partial charge on any atom is -0.508 e. The van der Waals surface area contributed by atoms with Crippen molar-refractivity contribution in [2.75, 3.05) is 0 Å². The van der Waals surface area contributed by atoms with Crippen LogP contribution in [0.15, 0.2) is 24.3 Å². The molecule has 1 aromatic carbocycles. The van der Waals surface area contributed by atoms with E-state index in [4.69, 9.17) is 5.11 Å². The van der Waals surface area contributed by atoms with E-state index in [1.54, 1.807) is 12.1 Å². The summed E-state index contributed by atoms with van der Waals surface area (Å²) in [6.07, 6.45) is 4.96. The smallest absolute Gasteiger partial charge is 0.115 e. The third-order valence-corrected chi connectivity index (χ3v) is 2.80. The van der Waals surface area contributed by atoms with Crippen molar-refractivity contribution >= 4 is 0 Å². The van der Waals surface area contributed by atoms with E-state index in [0.717, 1.165) is 12.3 Å². The fourth-order valence-electron chi connectivity index (χ4n) is 1.52. The molecule has 0 aliphatic heterocycles. The number of hydrogen-bond acceptors (Lipinski definition) is 1. The number of benzene rings is 1. The van der Waals surface area contributed by atoms with Gasteiger partial charge in [0.05, 0.1) is 0 Å². The highest BCUT2D eigenvalue weighted by molar-refractivity contribution is 5.25. The molecule has 1 nitrogen and oxygen atoms in total. The third kappa shape index (κ3) is 3.82. The molecule has 0 heterocycles. The van der Waals surface area contributed by atoms with Crippen LogP contribution in [0.2, 0.25) is 0 Å². The molecule has 0 aromatic heterocycles. The van der Waals surface area contributed by atoms with E-state index in [2.05, 4.69) is 13.8 Å². The second-order valence-electron chi connectivity index (χ2n) is 4.07. The van der Waals surface area contributed by atoms with Crippen molar-refractivity contribution in [1.29, 1.82) is 0 Å². The highest BCUT2D eigenvalue weighted by Crippen LogP contribution is 2.15. The SMILES string of the molecule is CCC(C)CCCc1ccc(O)cc1. The first kappa shape index (κ1) is 11.1. The molecule has 0 saturated carbocycles. The molecular weight excluding hydrogens is 172 g/mol. The van der Waals surface area contributed by atoms with Crippen molar-refractivity contribution in [2.24, 2.45) is 5.92 Å². The van der Waals surface area contributed by atoms with Gasteiger partial charge >= 0.3 is 0 Å². The average molecular weight is 192 g/mol. The van der Waals surface area contributed by atoms with Gasteiger partial charge in [-0.2, -0.15) is 0 Å². The summed E-state index contributed by atoms with van der Waals surface area (Å²) in [5.41, 5.74) is 1.33. The Labute approximate surface area is 86.8 Å². The largest absolute Gasteiger partial charge is 0.508 e. The third-order valence-electron chi connectivity index (χ3n) is 2.80. The summed E-state index contributed by atoms with van der Waals surface area (Å²) in [5.74, 6) is 1.20. The molecule has 0 bridgehead atoms. The van der Waals surface area contributed by atoms with Crippen molar-refractivity contribution in [3.05, 3.63) is 29.8 Å². The van der Waals surface area contributed by atoms with Crippen LogP contribution < -0.4 is 0 Å². The number of hydrogen-bond donors (Lipinski definition) is 1. The van der Waals surface area contributed by atoms with Gasteiger partial charge in [-0.3, -0.25) is 0 Å². The van der Waals surface area contributed by atoms with Gasteiger partial charge in [0.1, 0.15) is 5.75 Å². The zero-order valence-electron chi connectivity index (χ0n) is 9.16. The van der Waals surface area contributed by atoms with Gasteiger partial charge in [0.25, 0.3) is 0 Å². The molecule has 1 aromatic rings. The Hall–Kier alpha value is -0.980. The van der Waals surface area contributed by atoms with Crippen LogP contribution in [0.25, 0.3) is 0 Å². The molecule has 78 valence electrons. The van der Waals surface area contributed by atoms with Crippen LogP contribution >= 0.6 is 0 Å². The van der Waals surface area contributed by atoms with Crippen LogP contribution in [0, 0.1) is 5.92 Å². The summed E-state index contributed by atoms with van der Waals surface area (Å²) in [6.45, 7) is 4.54. The molecule has 0 aliphatic rings. The molecule has 0 amide bonds. The Bertz CT molecular complexity index is 250. The molecule has 0 aliphatic carbocycles. The molecule has 1 unspecified atom stereocenters. The van der Waals surface area contributed by atoms with Crippen molar-refractivity contribution in [3.8, 4) is 5.75 Å². The van der Waals surface area contributed by atoms with Gasteiger partial charge < -0.3 is 5.11 Å². The van der Waals surface area contributed by atoms with E-state index in [0.29, 0.717) is 5.75 Å². The first-order valence-electron chi connectivity index (χ1n) is 5.50. The van der Waals surface area contributed by atoms with E-state index in [1.165, 1.54) is 24.8 Å². The second-order valence-corrected chi connectivity index (χ2v) is 4.07. The number of aromatic hydroxyl groups is 1. The van der Waals surface area contributed by atoms with E-state index < -0.39 is 0 Å². The summed E-state index contributed by atoms with van der Waals surface area (Å²) in [5, 5.41) is 9.11. The van der Waals surface area contributed by atoms with Crippen molar-refractivity contribution in [3.63, 3.8) is 0 Å². The van der Waals surface area contributed by atoms with Gasteiger partial charge in [0.15, 0.2) is 0 Å². The number of phenolic OH excluding ortho intramolecular Hbond substituents is 1. The van der Waals surface area contributed by atoms with Gasteiger partial charge in [0, 0.05) is 0 Å². The Morgan fingerprint density at radius 3 is 2.43 bits per heavy atom. The average Bonchev–Trinajstić information content (AvgIpc) is 2.21. The molecule has 0 saturated heterocycles.